The molecule has 1 amide bonds. The van der Waals surface area contributed by atoms with E-state index in [2.05, 4.69) is 25.1 Å². The van der Waals surface area contributed by atoms with E-state index in [1.54, 1.807) is 35.1 Å². The van der Waals surface area contributed by atoms with Crippen LogP contribution in [0.1, 0.15) is 10.4 Å². The third-order valence-corrected chi connectivity index (χ3v) is 4.53. The maximum Gasteiger partial charge on any atom is 0.337 e. The van der Waals surface area contributed by atoms with Crippen LogP contribution in [0.5, 0.6) is 0 Å². The van der Waals surface area contributed by atoms with Gasteiger partial charge in [0.2, 0.25) is 5.91 Å². The van der Waals surface area contributed by atoms with Crippen molar-refractivity contribution >= 4 is 23.4 Å². The van der Waals surface area contributed by atoms with Crippen LogP contribution in [-0.2, 0) is 9.53 Å². The summed E-state index contributed by atoms with van der Waals surface area (Å²) in [7, 11) is 1.33. The SMILES string of the molecule is COC(=O)c1ccc(NC(=O)C2CN(c3cc(-n4cccn4)ncn3)C2)cc1. The Hall–Kier alpha value is -3.75. The smallest absolute Gasteiger partial charge is 0.337 e. The maximum atomic E-state index is 12.4. The monoisotopic (exact) mass is 378 g/mol. The van der Waals surface area contributed by atoms with Gasteiger partial charge in [-0.15, -0.1) is 0 Å². The van der Waals surface area contributed by atoms with E-state index < -0.39 is 5.97 Å². The van der Waals surface area contributed by atoms with Crippen molar-refractivity contribution in [1.82, 2.24) is 19.7 Å². The molecule has 1 aliphatic heterocycles. The van der Waals surface area contributed by atoms with Crippen molar-refractivity contribution in [2.45, 2.75) is 0 Å². The lowest BCUT2D eigenvalue weighted by atomic mass is 9.99. The summed E-state index contributed by atoms with van der Waals surface area (Å²) in [6, 6.07) is 10.3. The number of nitrogens with zero attached hydrogens (tertiary/aromatic N) is 5. The molecule has 1 fully saturated rings. The fourth-order valence-electron chi connectivity index (χ4n) is 2.92. The van der Waals surface area contributed by atoms with Crippen molar-refractivity contribution in [1.29, 1.82) is 0 Å². The molecule has 28 heavy (non-hydrogen) atoms. The molecule has 0 aliphatic carbocycles. The molecule has 142 valence electrons. The van der Waals surface area contributed by atoms with E-state index in [1.165, 1.54) is 13.4 Å². The van der Waals surface area contributed by atoms with Gasteiger partial charge in [-0.25, -0.2) is 19.4 Å². The molecule has 1 aliphatic rings. The van der Waals surface area contributed by atoms with Crippen LogP contribution in [0.25, 0.3) is 5.82 Å². The molecule has 4 rings (SSSR count). The number of nitrogens with one attached hydrogen (secondary N) is 1. The first kappa shape index (κ1) is 17.7. The van der Waals surface area contributed by atoms with Gasteiger partial charge in [0.05, 0.1) is 18.6 Å². The number of amides is 1. The highest BCUT2D eigenvalue weighted by Crippen LogP contribution is 2.24. The van der Waals surface area contributed by atoms with Crippen molar-refractivity contribution in [3.05, 3.63) is 60.7 Å². The molecule has 9 heteroatoms. The van der Waals surface area contributed by atoms with Crippen LogP contribution in [-0.4, -0.2) is 51.8 Å². The average molecular weight is 378 g/mol. The summed E-state index contributed by atoms with van der Waals surface area (Å²) >= 11 is 0. The standard InChI is InChI=1S/C19H18N6O3/c1-28-19(27)13-3-5-15(6-4-13)23-18(26)14-10-24(11-14)16-9-17(21-12-20-16)25-8-2-7-22-25/h2-9,12,14H,10-11H2,1H3,(H,23,26). The second-order valence-electron chi connectivity index (χ2n) is 6.35. The minimum absolute atomic E-state index is 0.0663. The zero-order valence-electron chi connectivity index (χ0n) is 15.1. The molecular formula is C19H18N6O3. The Balaban J connectivity index is 1.34. The van der Waals surface area contributed by atoms with Crippen molar-refractivity contribution in [2.24, 2.45) is 5.92 Å². The van der Waals surface area contributed by atoms with Gasteiger partial charge in [0.25, 0.3) is 0 Å². The van der Waals surface area contributed by atoms with Crippen LogP contribution >= 0.6 is 0 Å². The second-order valence-corrected chi connectivity index (χ2v) is 6.35. The Morgan fingerprint density at radius 3 is 2.57 bits per heavy atom. The minimum atomic E-state index is -0.410. The van der Waals surface area contributed by atoms with E-state index in [-0.39, 0.29) is 11.8 Å². The summed E-state index contributed by atoms with van der Waals surface area (Å²) in [6.45, 7) is 1.14. The van der Waals surface area contributed by atoms with Crippen LogP contribution in [0.2, 0.25) is 0 Å². The molecule has 0 atom stereocenters. The van der Waals surface area contributed by atoms with Gasteiger partial charge in [-0.3, -0.25) is 4.79 Å². The molecule has 1 aromatic carbocycles. The van der Waals surface area contributed by atoms with Gasteiger partial charge in [-0.1, -0.05) is 0 Å². The third-order valence-electron chi connectivity index (χ3n) is 4.53. The number of methoxy groups -OCH3 is 1. The normalized spacial score (nSPS) is 13.7. The lowest BCUT2D eigenvalue weighted by Gasteiger charge is -2.39. The maximum absolute atomic E-state index is 12.4. The molecule has 3 aromatic rings. The molecular weight excluding hydrogens is 360 g/mol. The van der Waals surface area contributed by atoms with E-state index >= 15 is 0 Å². The highest BCUT2D eigenvalue weighted by atomic mass is 16.5. The van der Waals surface area contributed by atoms with Crippen LogP contribution in [0.4, 0.5) is 11.5 Å². The van der Waals surface area contributed by atoms with Crippen LogP contribution in [0, 0.1) is 5.92 Å². The molecule has 0 spiro atoms. The van der Waals surface area contributed by atoms with E-state index in [0.717, 1.165) is 5.82 Å². The van der Waals surface area contributed by atoms with E-state index in [4.69, 9.17) is 0 Å². The molecule has 2 aromatic heterocycles. The number of aromatic nitrogens is 4. The molecule has 1 saturated heterocycles. The number of esters is 1. The number of hydrogen-bond acceptors (Lipinski definition) is 7. The molecule has 0 radical (unpaired) electrons. The molecule has 9 nitrogen and oxygen atoms in total. The van der Waals surface area contributed by atoms with Gasteiger partial charge >= 0.3 is 5.97 Å². The van der Waals surface area contributed by atoms with Gasteiger partial charge in [-0.05, 0) is 30.3 Å². The third kappa shape index (κ3) is 3.54. The fraction of sp³-hybridized carbons (Fsp3) is 0.211. The largest absolute Gasteiger partial charge is 0.465 e. The lowest BCUT2D eigenvalue weighted by Crippen LogP contribution is -2.52. The van der Waals surface area contributed by atoms with Crippen molar-refractivity contribution < 1.29 is 14.3 Å². The second kappa shape index (κ2) is 7.47. The Kier molecular flexibility index (Phi) is 4.71. The number of carbonyl (C=O) groups excluding carboxylic acids is 2. The van der Waals surface area contributed by atoms with Crippen molar-refractivity contribution in [3.63, 3.8) is 0 Å². The average Bonchev–Trinajstić information content (AvgIpc) is 3.22. The Morgan fingerprint density at radius 2 is 1.89 bits per heavy atom. The highest BCUT2D eigenvalue weighted by Gasteiger charge is 2.33. The molecule has 1 N–H and O–H groups in total. The zero-order chi connectivity index (χ0) is 19.5. The molecule has 3 heterocycles. The minimum Gasteiger partial charge on any atom is -0.465 e. The quantitative estimate of drug-likeness (QED) is 0.672. The van der Waals surface area contributed by atoms with Crippen molar-refractivity contribution in [3.8, 4) is 5.82 Å². The van der Waals surface area contributed by atoms with Crippen LogP contribution in [0.15, 0.2) is 55.1 Å². The summed E-state index contributed by atoms with van der Waals surface area (Å²) in [5.74, 6) is 0.819. The molecule has 0 saturated carbocycles. The summed E-state index contributed by atoms with van der Waals surface area (Å²) in [5, 5.41) is 7.03. The topological polar surface area (TPSA) is 102 Å². The number of rotatable bonds is 5. The summed E-state index contributed by atoms with van der Waals surface area (Å²) < 4.78 is 6.32. The van der Waals surface area contributed by atoms with E-state index in [1.807, 2.05) is 23.2 Å². The van der Waals surface area contributed by atoms with Gasteiger partial charge in [-0.2, -0.15) is 5.10 Å². The number of hydrogen-bond donors (Lipinski definition) is 1. The number of ether oxygens (including phenoxy) is 1. The highest BCUT2D eigenvalue weighted by molar-refractivity contribution is 5.95. The van der Waals surface area contributed by atoms with Gasteiger partial charge in [0.15, 0.2) is 5.82 Å². The fourth-order valence-corrected chi connectivity index (χ4v) is 2.92. The number of carbonyl (C=O) groups is 2. The van der Waals surface area contributed by atoms with Gasteiger partial charge in [0, 0.05) is 37.2 Å². The Bertz CT molecular complexity index is 981. The summed E-state index contributed by atoms with van der Waals surface area (Å²) in [5.41, 5.74) is 1.08. The van der Waals surface area contributed by atoms with Crippen LogP contribution < -0.4 is 10.2 Å². The Labute approximate surface area is 161 Å². The molecule has 0 bridgehead atoms. The zero-order valence-corrected chi connectivity index (χ0v) is 15.1. The molecule has 0 unspecified atom stereocenters. The predicted molar refractivity (Wildman–Crippen MR) is 101 cm³/mol. The van der Waals surface area contributed by atoms with E-state index in [9.17, 15) is 9.59 Å². The first-order valence-electron chi connectivity index (χ1n) is 8.70. The summed E-state index contributed by atoms with van der Waals surface area (Å²) in [6.07, 6.45) is 4.98. The number of benzene rings is 1. The predicted octanol–water partition coefficient (Wildman–Crippen LogP) is 1.52. The Morgan fingerprint density at radius 1 is 1.14 bits per heavy atom. The van der Waals surface area contributed by atoms with Gasteiger partial charge in [0.1, 0.15) is 12.1 Å². The first-order valence-corrected chi connectivity index (χ1v) is 8.70. The van der Waals surface area contributed by atoms with Crippen molar-refractivity contribution in [2.75, 3.05) is 30.4 Å². The summed E-state index contributed by atoms with van der Waals surface area (Å²) in [4.78, 5) is 34.4. The van der Waals surface area contributed by atoms with Crippen LogP contribution in [0.3, 0.4) is 0 Å². The first-order chi connectivity index (χ1) is 13.6. The lowest BCUT2D eigenvalue weighted by molar-refractivity contribution is -0.120. The van der Waals surface area contributed by atoms with Gasteiger partial charge < -0.3 is 15.0 Å². The van der Waals surface area contributed by atoms with E-state index in [0.29, 0.717) is 30.2 Å². The number of anilines is 2.